The molecule has 0 heterocycles. The van der Waals surface area contributed by atoms with E-state index in [0.717, 1.165) is 23.7 Å². The van der Waals surface area contributed by atoms with Crippen molar-refractivity contribution < 1.29 is 100 Å². The number of hydrogen-bond donors (Lipinski definition) is 1. The molecule has 0 saturated heterocycles. The van der Waals surface area contributed by atoms with E-state index in [4.69, 9.17) is 26.7 Å². The van der Waals surface area contributed by atoms with Crippen LogP contribution in [0.4, 0.5) is 0 Å². The van der Waals surface area contributed by atoms with Gasteiger partial charge in [0, 0.05) is 71.2 Å². The Bertz CT molecular complexity index is 2090. The van der Waals surface area contributed by atoms with E-state index in [2.05, 4.69) is 87.5 Å². The Hall–Kier alpha value is -3.34. The largest absolute Gasteiger partial charge is 0.497 e. The summed E-state index contributed by atoms with van der Waals surface area (Å²) < 4.78 is 66.1. The smallest absolute Gasteiger partial charge is 0.425 e. The van der Waals surface area contributed by atoms with Crippen molar-refractivity contribution in [2.75, 3.05) is 7.11 Å². The molecule has 6 aromatic carbocycles. The Labute approximate surface area is 408 Å². The van der Waals surface area contributed by atoms with Gasteiger partial charge in [0.1, 0.15) is 11.5 Å². The molecule has 0 atom stereocenters. The molecule has 1 N–H and O–H groups in total. The summed E-state index contributed by atoms with van der Waals surface area (Å²) in [5.41, 5.74) is 6.98. The van der Waals surface area contributed by atoms with Crippen molar-refractivity contribution in [2.24, 2.45) is 0 Å². The second-order valence-corrected chi connectivity index (χ2v) is 12.9. The van der Waals surface area contributed by atoms with E-state index >= 15 is 0 Å². The molecule has 0 aliphatic heterocycles. The Balaban J connectivity index is -0.000000162. The van der Waals surface area contributed by atoms with Crippen LogP contribution in [0.1, 0.15) is 63.1 Å². The number of rotatable bonds is 6. The molecule has 0 saturated carbocycles. The minimum absolute atomic E-state index is 0. The van der Waals surface area contributed by atoms with Gasteiger partial charge < -0.3 is 16.9 Å². The quantitative estimate of drug-likeness (QED) is 0.129. The third-order valence-corrected chi connectivity index (χ3v) is 7.82. The van der Waals surface area contributed by atoms with Crippen molar-refractivity contribution in [1.82, 2.24) is 0 Å². The summed E-state index contributed by atoms with van der Waals surface area (Å²) in [6.07, 6.45) is 0.893. The van der Waals surface area contributed by atoms with Crippen molar-refractivity contribution in [2.45, 2.75) is 68.7 Å². The van der Waals surface area contributed by atoms with Gasteiger partial charge in [0.25, 0.3) is 0 Å². The summed E-state index contributed by atoms with van der Waals surface area (Å²) in [6, 6.07) is 53.0. The fourth-order valence-corrected chi connectivity index (χ4v) is 4.80. The second kappa shape index (κ2) is 37.6. The first-order chi connectivity index (χ1) is 24.8. The van der Waals surface area contributed by atoms with Crippen molar-refractivity contribution in [3.05, 3.63) is 199 Å². The van der Waals surface area contributed by atoms with Gasteiger partial charge in [-0.3, -0.25) is 4.55 Å². The molecule has 0 aliphatic carbocycles. The number of benzene rings is 6. The number of ether oxygens (including phenoxy) is 2. The van der Waals surface area contributed by atoms with Crippen molar-refractivity contribution in [3.8, 4) is 17.2 Å². The molecule has 59 heavy (non-hydrogen) atoms. The van der Waals surface area contributed by atoms with Gasteiger partial charge in [-0.05, 0) is 60.6 Å². The maximum Gasteiger partial charge on any atom is 0.425 e. The fourth-order valence-electron chi connectivity index (χ4n) is 4.11. The van der Waals surface area contributed by atoms with E-state index in [1.165, 1.54) is 33.9 Å². The van der Waals surface area contributed by atoms with E-state index in [1.807, 2.05) is 72.8 Å². The normalized spacial score (nSPS) is 8.64. The molecular weight excluding hydrogens is 934 g/mol. The van der Waals surface area contributed by atoms with Gasteiger partial charge in [0.2, 0.25) is 10.1 Å². The van der Waals surface area contributed by atoms with Gasteiger partial charge in [-0.2, -0.15) is 78.4 Å². The molecule has 0 fully saturated rings. The average molecular weight is 995 g/mol. The van der Waals surface area contributed by atoms with Crippen LogP contribution in [-0.4, -0.2) is 32.7 Å². The van der Waals surface area contributed by atoms with Gasteiger partial charge in [-0.15, -0.1) is 30.3 Å². The topological polar surface area (TPSA) is 124 Å². The molecule has 0 amide bonds. The summed E-state index contributed by atoms with van der Waals surface area (Å²) >= 11 is 0. The predicted molar refractivity (Wildman–Crippen MR) is 236 cm³/mol. The van der Waals surface area contributed by atoms with Crippen LogP contribution in [0, 0.1) is 53.3 Å². The van der Waals surface area contributed by atoms with Gasteiger partial charge in [-0.25, -0.2) is 8.42 Å². The maximum absolute atomic E-state index is 10.6. The van der Waals surface area contributed by atoms with E-state index in [1.54, 1.807) is 26.2 Å². The zero-order valence-electron chi connectivity index (χ0n) is 31.8. The molecule has 8 nitrogen and oxygen atoms in total. The summed E-state index contributed by atoms with van der Waals surface area (Å²) in [5, 5.41) is 0. The molecule has 0 aliphatic rings. The molecule has 6 rings (SSSR count). The van der Waals surface area contributed by atoms with E-state index in [-0.39, 0.29) is 107 Å². The first-order valence-corrected chi connectivity index (χ1v) is 18.2. The first kappa shape index (κ1) is 67.4. The van der Waals surface area contributed by atoms with Crippen LogP contribution in [0.2, 0.25) is 0 Å². The van der Waals surface area contributed by atoms with Gasteiger partial charge >= 0.3 is 10.6 Å². The van der Waals surface area contributed by atoms with Crippen LogP contribution in [0.15, 0.2) is 144 Å². The zero-order chi connectivity index (χ0) is 38.4. The fraction of sp³-hybridized carbons (Fsp3) is 0.213. The Morgan fingerprint density at radius 1 is 0.542 bits per heavy atom. The SMILES string of the molecule is C.C.C.C.COc1ccc(Cc2ccc(Oc3cc[c-]cc3)cc2)cc1.Cc1cc[c-]cc1.Cc1cc[c-]cc1S(=O)(=O)O.Cc1ccc(C)cc1.O=S(=O)=O.[CH3-].[Y].[Y]. The number of methoxy groups -OCH3 is 1. The molecule has 12 heteroatoms. The Morgan fingerprint density at radius 3 is 1.20 bits per heavy atom. The third kappa shape index (κ3) is 31.2. The summed E-state index contributed by atoms with van der Waals surface area (Å²) in [5.74, 6) is 2.54. The third-order valence-electron chi connectivity index (χ3n) is 6.83. The first-order valence-electron chi connectivity index (χ1n) is 15.8. The second-order valence-electron chi connectivity index (χ2n) is 11.1. The molecule has 0 spiro atoms. The summed E-state index contributed by atoms with van der Waals surface area (Å²) in [7, 11) is -5.50. The minimum atomic E-state index is -4.06. The van der Waals surface area contributed by atoms with Crippen molar-refractivity contribution >= 4 is 20.7 Å². The van der Waals surface area contributed by atoms with Crippen molar-refractivity contribution in [3.63, 3.8) is 0 Å². The monoisotopic (exact) mass is 994 g/mol. The Morgan fingerprint density at radius 2 is 0.881 bits per heavy atom. The average Bonchev–Trinajstić information content (AvgIpc) is 3.12. The minimum Gasteiger partial charge on any atom is -0.497 e. The molecule has 6 aromatic rings. The van der Waals surface area contributed by atoms with E-state index in [9.17, 15) is 8.42 Å². The Kier molecular flexibility index (Phi) is 43.0. The predicted octanol–water partition coefficient (Wildman–Crippen LogP) is 12.0. The van der Waals surface area contributed by atoms with Crippen LogP contribution in [-0.2, 0) is 92.6 Å². The molecule has 0 unspecified atom stereocenters. The van der Waals surface area contributed by atoms with Crippen LogP contribution in [0.3, 0.4) is 0 Å². The zero-order valence-corrected chi connectivity index (χ0v) is 39.1. The maximum atomic E-state index is 10.6. The van der Waals surface area contributed by atoms with Gasteiger partial charge in [-0.1, -0.05) is 103 Å². The van der Waals surface area contributed by atoms with Crippen molar-refractivity contribution in [1.29, 1.82) is 0 Å². The standard InChI is InChI=1S/C20H17O2.C8H10.C7H7O3S.C7H7.4CH4.CH3.O3S.2Y/c1-21-18-11-7-16(8-12-18)15-17-9-13-20(14-10-17)22-19-5-3-2-4-6-19;1-7-3-5-8(2)6-4-7;1-6-4-2-3-5-7(6)11(8,9)10;1-7-5-3-2-4-6-7;;;;;;1-4(2)3;;/h3-14H,15H2,1H3;3-6H,1-2H3;2,4-5H,1H3,(H,8,9,10);3-6H,1H3;4*1H4;1H3;;;/q-1;;2*-1;;;;;-1;;;. The van der Waals surface area contributed by atoms with E-state index < -0.39 is 20.7 Å². The summed E-state index contributed by atoms with van der Waals surface area (Å²) in [6.45, 7) is 7.86. The molecular formula is C47H60O8S2Y2-4. The molecule has 318 valence electrons. The van der Waals surface area contributed by atoms with Gasteiger partial charge in [0.05, 0.1) is 7.11 Å². The molecule has 0 aromatic heterocycles. The van der Waals surface area contributed by atoms with E-state index in [0.29, 0.717) is 5.56 Å². The van der Waals surface area contributed by atoms with Crippen LogP contribution < -0.4 is 9.47 Å². The van der Waals surface area contributed by atoms with Crippen LogP contribution in [0.25, 0.3) is 0 Å². The number of hydrogen-bond acceptors (Lipinski definition) is 7. The number of aryl methyl sites for hydroxylation is 4. The van der Waals surface area contributed by atoms with Gasteiger partial charge in [0.15, 0.2) is 0 Å². The molecule has 2 radical (unpaired) electrons. The van der Waals surface area contributed by atoms with Crippen LogP contribution in [0.5, 0.6) is 17.2 Å². The summed E-state index contributed by atoms with van der Waals surface area (Å²) in [4.78, 5) is -0.0833. The van der Waals surface area contributed by atoms with Crippen LogP contribution >= 0.6 is 0 Å². The molecule has 0 bridgehead atoms.